The van der Waals surface area contributed by atoms with Gasteiger partial charge < -0.3 is 39.4 Å². The van der Waals surface area contributed by atoms with Gasteiger partial charge in [-0.1, -0.05) is 36.4 Å². The van der Waals surface area contributed by atoms with Crippen molar-refractivity contribution in [1.29, 1.82) is 0 Å². The summed E-state index contributed by atoms with van der Waals surface area (Å²) in [7, 11) is 0. The molecule has 0 fully saturated rings. The molecule has 6 aromatic rings. The fraction of sp³-hybridized carbons (Fsp3) is 0.182. The smallest absolute Gasteiger partial charge is 0.189 e. The van der Waals surface area contributed by atoms with Gasteiger partial charge in [0, 0.05) is 59.1 Å². The van der Waals surface area contributed by atoms with Gasteiger partial charge in [-0.3, -0.25) is 0 Å². The quantitative estimate of drug-likeness (QED) is 0.129. The predicted octanol–water partition coefficient (Wildman–Crippen LogP) is 9.75. The molecule has 0 amide bonds. The van der Waals surface area contributed by atoms with Crippen molar-refractivity contribution in [2.24, 2.45) is 20.5 Å². The van der Waals surface area contributed by atoms with Crippen LogP contribution in [0.3, 0.4) is 0 Å². The zero-order valence-electron chi connectivity index (χ0n) is 30.1. The molecule has 12 nitrogen and oxygen atoms in total. The Balaban J connectivity index is 1.11. The van der Waals surface area contributed by atoms with Crippen molar-refractivity contribution in [3.05, 3.63) is 153 Å². The molecule has 12 heteroatoms. The number of hydrogen-bond donors (Lipinski definition) is 4. The number of fused-ring (bicyclic) bond motifs is 10. The number of azo groups is 2. The van der Waals surface area contributed by atoms with Crippen LogP contribution in [0.5, 0.6) is 34.5 Å². The Hall–Kier alpha value is -6.76. The normalized spacial score (nSPS) is 14.9. The fourth-order valence-corrected chi connectivity index (χ4v) is 7.33. The number of aromatic hydroxyl groups is 4. The minimum atomic E-state index is 0.0329. The summed E-state index contributed by atoms with van der Waals surface area (Å²) in [5.74, 6) is 1.64. The van der Waals surface area contributed by atoms with Crippen molar-refractivity contribution in [2.75, 3.05) is 13.6 Å². The van der Waals surface area contributed by atoms with E-state index >= 15 is 0 Å². The molecule has 280 valence electrons. The molecule has 0 spiro atoms. The molecule has 0 aromatic heterocycles. The van der Waals surface area contributed by atoms with E-state index in [9.17, 15) is 20.4 Å². The first-order valence-corrected chi connectivity index (χ1v) is 18.1. The van der Waals surface area contributed by atoms with Crippen LogP contribution in [0, 0.1) is 0 Å². The predicted molar refractivity (Wildman–Crippen MR) is 205 cm³/mol. The largest absolute Gasteiger partial charge is 0.507 e. The Morgan fingerprint density at radius 1 is 0.357 bits per heavy atom. The van der Waals surface area contributed by atoms with E-state index in [0.29, 0.717) is 80.5 Å². The van der Waals surface area contributed by atoms with Crippen LogP contribution in [0.15, 0.2) is 118 Å². The lowest BCUT2D eigenvalue weighted by atomic mass is 9.91. The summed E-state index contributed by atoms with van der Waals surface area (Å²) in [6, 6.07) is 28.9. The molecule has 0 atom stereocenters. The van der Waals surface area contributed by atoms with Gasteiger partial charge in [-0.15, -0.1) is 0 Å². The third kappa shape index (κ3) is 7.10. The van der Waals surface area contributed by atoms with Crippen LogP contribution in [0.2, 0.25) is 0 Å². The molecule has 4 N–H and O–H groups in total. The SMILES string of the molecule is Oc1c2cccc1Cc1cc(N=Nc3ccc4c(c3)COCO4)cc(c1O)Cc1cccc(c1O)Cc1cc(N=Nc3ccc4c(c3)COCO4)cc(c1O)C2. The molecule has 2 aliphatic heterocycles. The minimum absolute atomic E-state index is 0.0329. The van der Waals surface area contributed by atoms with E-state index in [2.05, 4.69) is 20.5 Å². The van der Waals surface area contributed by atoms with Crippen LogP contribution in [0.4, 0.5) is 22.7 Å². The summed E-state index contributed by atoms with van der Waals surface area (Å²) in [6.07, 6.45) is 0.682. The number of phenols is 4. The molecule has 0 radical (unpaired) electrons. The number of ether oxygens (including phenoxy) is 4. The van der Waals surface area contributed by atoms with Gasteiger partial charge in [-0.25, -0.2) is 0 Å². The van der Waals surface area contributed by atoms with Gasteiger partial charge >= 0.3 is 0 Å². The topological polar surface area (TPSA) is 167 Å². The Kier molecular flexibility index (Phi) is 9.25. The molecule has 3 aliphatic rings. The van der Waals surface area contributed by atoms with Crippen molar-refractivity contribution >= 4 is 22.7 Å². The third-order valence-electron chi connectivity index (χ3n) is 10.2. The number of phenolic OH excluding ortho intramolecular Hbond substituents is 4. The highest BCUT2D eigenvalue weighted by Gasteiger charge is 2.21. The van der Waals surface area contributed by atoms with Crippen LogP contribution < -0.4 is 9.47 Å². The molecular weight excluding hydrogens is 713 g/mol. The summed E-state index contributed by atoms with van der Waals surface area (Å²) in [5, 5.41) is 64.7. The molecule has 56 heavy (non-hydrogen) atoms. The molecule has 6 aromatic carbocycles. The van der Waals surface area contributed by atoms with Crippen LogP contribution in [-0.4, -0.2) is 34.0 Å². The molecule has 2 heterocycles. The highest BCUT2D eigenvalue weighted by Crippen LogP contribution is 2.41. The van der Waals surface area contributed by atoms with E-state index in [1.807, 2.05) is 48.5 Å². The highest BCUT2D eigenvalue weighted by atomic mass is 16.7. The summed E-state index contributed by atoms with van der Waals surface area (Å²) >= 11 is 0. The lowest BCUT2D eigenvalue weighted by Gasteiger charge is -2.18. The van der Waals surface area contributed by atoms with Crippen molar-refractivity contribution in [1.82, 2.24) is 0 Å². The zero-order chi connectivity index (χ0) is 38.2. The molecule has 0 unspecified atom stereocenters. The monoisotopic (exact) mass is 748 g/mol. The average Bonchev–Trinajstić information content (AvgIpc) is 3.21. The van der Waals surface area contributed by atoms with Crippen LogP contribution in [0.1, 0.15) is 55.6 Å². The van der Waals surface area contributed by atoms with E-state index in [-0.39, 0.29) is 62.3 Å². The lowest BCUT2D eigenvalue weighted by molar-refractivity contribution is -0.0164. The number of hydrogen-bond acceptors (Lipinski definition) is 12. The van der Waals surface area contributed by atoms with Gasteiger partial charge in [-0.05, 0) is 82.9 Å². The van der Waals surface area contributed by atoms with Gasteiger partial charge in [0.15, 0.2) is 13.6 Å². The minimum Gasteiger partial charge on any atom is -0.507 e. The Morgan fingerprint density at radius 3 is 1.05 bits per heavy atom. The second-order valence-electron chi connectivity index (χ2n) is 14.0. The van der Waals surface area contributed by atoms with Crippen LogP contribution in [0.25, 0.3) is 0 Å². The average molecular weight is 749 g/mol. The summed E-state index contributed by atoms with van der Waals surface area (Å²) in [5.41, 5.74) is 8.30. The Morgan fingerprint density at radius 2 is 0.679 bits per heavy atom. The van der Waals surface area contributed by atoms with E-state index in [0.717, 1.165) is 22.6 Å². The Bertz CT molecular complexity index is 2300. The zero-order valence-corrected chi connectivity index (χ0v) is 30.1. The molecule has 8 bridgehead atoms. The van der Waals surface area contributed by atoms with Crippen molar-refractivity contribution in [3.8, 4) is 34.5 Å². The molecule has 0 saturated carbocycles. The first kappa shape index (κ1) is 35.0. The molecule has 9 rings (SSSR count). The fourth-order valence-electron chi connectivity index (χ4n) is 7.33. The van der Waals surface area contributed by atoms with Gasteiger partial charge in [0.2, 0.25) is 0 Å². The third-order valence-corrected chi connectivity index (χ3v) is 10.2. The van der Waals surface area contributed by atoms with Crippen LogP contribution in [-0.2, 0) is 48.4 Å². The van der Waals surface area contributed by atoms with Crippen LogP contribution >= 0.6 is 0 Å². The molecular formula is C44H36N4O8. The maximum Gasteiger partial charge on any atom is 0.189 e. The van der Waals surface area contributed by atoms with Gasteiger partial charge in [-0.2, -0.15) is 20.5 Å². The summed E-state index contributed by atoms with van der Waals surface area (Å²) in [4.78, 5) is 0. The van der Waals surface area contributed by atoms with Crippen molar-refractivity contribution in [2.45, 2.75) is 38.9 Å². The number of rotatable bonds is 4. The number of benzene rings is 6. The van der Waals surface area contributed by atoms with Gasteiger partial charge in [0.25, 0.3) is 0 Å². The standard InChI is InChI=1S/C44H36N4O8/c49-41-25-3-1-4-26(41)12-30-16-38(48-46-36-8-10-40-34(20-36)22-54-24-56-40)18-32(44(30)52)14-28-6-2-5-27(42(28)50)13-31-17-37(15-29(11-25)43(31)51)47-45-35-7-9-39-33(19-35)21-53-23-55-39/h1-10,15-20,49-52H,11-14,21-24H2. The van der Waals surface area contributed by atoms with Crippen molar-refractivity contribution in [3.63, 3.8) is 0 Å². The maximum atomic E-state index is 11.7. The first-order valence-electron chi connectivity index (χ1n) is 18.1. The van der Waals surface area contributed by atoms with E-state index in [4.69, 9.17) is 18.9 Å². The van der Waals surface area contributed by atoms with E-state index < -0.39 is 0 Å². The van der Waals surface area contributed by atoms with E-state index in [1.54, 1.807) is 48.5 Å². The van der Waals surface area contributed by atoms with Gasteiger partial charge in [0.1, 0.15) is 34.5 Å². The second kappa shape index (κ2) is 14.8. The van der Waals surface area contributed by atoms with Crippen molar-refractivity contribution < 1.29 is 39.4 Å². The highest BCUT2D eigenvalue weighted by molar-refractivity contribution is 5.61. The van der Waals surface area contributed by atoms with Gasteiger partial charge in [0.05, 0.1) is 36.0 Å². The summed E-state index contributed by atoms with van der Waals surface area (Å²) < 4.78 is 21.9. The van der Waals surface area contributed by atoms with E-state index in [1.165, 1.54) is 0 Å². The molecule has 0 saturated heterocycles. The first-order chi connectivity index (χ1) is 27.3. The number of nitrogens with zero attached hydrogens (tertiary/aromatic N) is 4. The Labute approximate surface area is 321 Å². The maximum absolute atomic E-state index is 11.7. The molecule has 1 aliphatic carbocycles. The number of para-hydroxylation sites is 2. The summed E-state index contributed by atoms with van der Waals surface area (Å²) in [6.45, 7) is 1.24. The second-order valence-corrected chi connectivity index (χ2v) is 14.0. The lowest BCUT2D eigenvalue weighted by Crippen LogP contribution is -2.10.